The number of carbonyl (C=O) groups excluding carboxylic acids is 1. The smallest absolute Gasteiger partial charge is 0.410 e. The molecule has 0 radical (unpaired) electrons. The van der Waals surface area contributed by atoms with Crippen LogP contribution in [0.3, 0.4) is 0 Å². The highest BCUT2D eigenvalue weighted by atomic mass is 16.6. The van der Waals surface area contributed by atoms with Gasteiger partial charge in [-0.05, 0) is 29.8 Å². The molecule has 1 aromatic heterocycles. The molecular formula is C20H21N3O2. The second kappa shape index (κ2) is 6.99. The Kier molecular flexibility index (Phi) is 4.39. The maximum atomic E-state index is 12.4. The molecule has 0 unspecified atom stereocenters. The topological polar surface area (TPSA) is 48.6 Å². The largest absolute Gasteiger partial charge is 0.415 e. The van der Waals surface area contributed by atoms with E-state index in [0.717, 1.165) is 30.5 Å². The summed E-state index contributed by atoms with van der Waals surface area (Å²) in [6.07, 6.45) is 1.61. The van der Waals surface area contributed by atoms with Gasteiger partial charge in [0, 0.05) is 49.8 Å². The van der Waals surface area contributed by atoms with E-state index in [9.17, 15) is 4.79 Å². The van der Waals surface area contributed by atoms with E-state index in [-0.39, 0.29) is 6.09 Å². The van der Waals surface area contributed by atoms with E-state index in [1.165, 1.54) is 5.56 Å². The van der Waals surface area contributed by atoms with Crippen LogP contribution in [0.4, 0.5) is 4.79 Å². The Morgan fingerprint density at radius 2 is 1.80 bits per heavy atom. The van der Waals surface area contributed by atoms with Crippen LogP contribution in [0.15, 0.2) is 60.8 Å². The summed E-state index contributed by atoms with van der Waals surface area (Å²) in [4.78, 5) is 19.7. The predicted molar refractivity (Wildman–Crippen MR) is 97.6 cm³/mol. The van der Waals surface area contributed by atoms with Crippen molar-refractivity contribution in [2.45, 2.75) is 6.54 Å². The van der Waals surface area contributed by atoms with Crippen LogP contribution in [0.2, 0.25) is 0 Å². The van der Waals surface area contributed by atoms with Gasteiger partial charge in [0.2, 0.25) is 0 Å². The fourth-order valence-corrected chi connectivity index (χ4v) is 3.19. The van der Waals surface area contributed by atoms with Crippen LogP contribution >= 0.6 is 0 Å². The number of hydrogen-bond donors (Lipinski definition) is 1. The van der Waals surface area contributed by atoms with Crippen molar-refractivity contribution in [3.63, 3.8) is 0 Å². The van der Waals surface area contributed by atoms with Gasteiger partial charge in [0.25, 0.3) is 0 Å². The van der Waals surface area contributed by atoms with Crippen LogP contribution < -0.4 is 4.74 Å². The predicted octanol–water partition coefficient (Wildman–Crippen LogP) is 3.48. The van der Waals surface area contributed by atoms with Crippen LogP contribution in [0.25, 0.3) is 10.9 Å². The van der Waals surface area contributed by atoms with E-state index >= 15 is 0 Å². The number of H-pyrrole nitrogens is 1. The number of nitrogens with one attached hydrogen (secondary N) is 1. The summed E-state index contributed by atoms with van der Waals surface area (Å²) in [5, 5.41) is 1.04. The molecule has 2 heterocycles. The molecule has 0 spiro atoms. The number of piperazine rings is 1. The van der Waals surface area contributed by atoms with Crippen molar-refractivity contribution in [1.82, 2.24) is 14.8 Å². The first-order valence-electron chi connectivity index (χ1n) is 8.58. The Bertz CT molecular complexity index is 852. The molecule has 0 saturated carbocycles. The molecule has 1 aliphatic heterocycles. The van der Waals surface area contributed by atoms with Crippen molar-refractivity contribution in [1.29, 1.82) is 0 Å². The first kappa shape index (κ1) is 15.7. The number of carbonyl (C=O) groups is 1. The summed E-state index contributed by atoms with van der Waals surface area (Å²) in [6, 6.07) is 18.0. The summed E-state index contributed by atoms with van der Waals surface area (Å²) in [6.45, 7) is 4.03. The minimum Gasteiger partial charge on any atom is -0.410 e. The summed E-state index contributed by atoms with van der Waals surface area (Å²) in [7, 11) is 0. The lowest BCUT2D eigenvalue weighted by Gasteiger charge is -2.34. The number of nitrogens with zero attached hydrogens (tertiary/aromatic N) is 2. The molecule has 0 aliphatic carbocycles. The molecule has 1 aliphatic rings. The SMILES string of the molecule is O=C(Oc1ccc2[nH]ccc2c1)N1CCN(Cc2ccccc2)CC1. The number of amides is 1. The van der Waals surface area contributed by atoms with Crippen LogP contribution in [0.5, 0.6) is 5.75 Å². The third kappa shape index (κ3) is 3.67. The van der Waals surface area contributed by atoms with Crippen molar-refractivity contribution in [3.8, 4) is 5.75 Å². The van der Waals surface area contributed by atoms with Crippen LogP contribution in [0, 0.1) is 0 Å². The lowest BCUT2D eigenvalue weighted by molar-refractivity contribution is 0.108. The quantitative estimate of drug-likeness (QED) is 0.797. The summed E-state index contributed by atoms with van der Waals surface area (Å²) in [5.41, 5.74) is 2.34. The summed E-state index contributed by atoms with van der Waals surface area (Å²) < 4.78 is 5.54. The standard InChI is InChI=1S/C20H21N3O2/c24-20(25-18-6-7-19-17(14-18)8-9-21-19)23-12-10-22(11-13-23)15-16-4-2-1-3-5-16/h1-9,14,21H,10-13,15H2. The van der Waals surface area contributed by atoms with E-state index < -0.39 is 0 Å². The number of benzene rings is 2. The van der Waals surface area contributed by atoms with E-state index in [0.29, 0.717) is 18.8 Å². The maximum absolute atomic E-state index is 12.4. The molecule has 0 atom stereocenters. The van der Waals surface area contributed by atoms with Crippen LogP contribution in [-0.4, -0.2) is 47.1 Å². The van der Waals surface area contributed by atoms with Crippen molar-refractivity contribution in [2.24, 2.45) is 0 Å². The Balaban J connectivity index is 1.31. The highest BCUT2D eigenvalue weighted by molar-refractivity contribution is 5.82. The molecule has 5 nitrogen and oxygen atoms in total. The van der Waals surface area contributed by atoms with Crippen molar-refractivity contribution in [3.05, 3.63) is 66.4 Å². The van der Waals surface area contributed by atoms with Crippen molar-refractivity contribution in [2.75, 3.05) is 26.2 Å². The molecule has 3 aromatic rings. The van der Waals surface area contributed by atoms with Gasteiger partial charge in [-0.3, -0.25) is 4.90 Å². The number of ether oxygens (including phenoxy) is 1. The Hall–Kier alpha value is -2.79. The number of fused-ring (bicyclic) bond motifs is 1. The summed E-state index contributed by atoms with van der Waals surface area (Å²) in [5.74, 6) is 0.587. The summed E-state index contributed by atoms with van der Waals surface area (Å²) >= 11 is 0. The average Bonchev–Trinajstić information content (AvgIpc) is 3.11. The van der Waals surface area contributed by atoms with E-state index in [1.807, 2.05) is 36.5 Å². The molecule has 5 heteroatoms. The first-order valence-corrected chi connectivity index (χ1v) is 8.58. The first-order chi connectivity index (χ1) is 12.3. The zero-order valence-electron chi connectivity index (χ0n) is 14.0. The molecule has 25 heavy (non-hydrogen) atoms. The second-order valence-corrected chi connectivity index (χ2v) is 6.34. The van der Waals surface area contributed by atoms with Gasteiger partial charge in [-0.1, -0.05) is 30.3 Å². The number of rotatable bonds is 3. The molecule has 1 amide bonds. The van der Waals surface area contributed by atoms with Gasteiger partial charge in [0.1, 0.15) is 5.75 Å². The lowest BCUT2D eigenvalue weighted by Crippen LogP contribution is -2.49. The second-order valence-electron chi connectivity index (χ2n) is 6.34. The van der Waals surface area contributed by atoms with Crippen LogP contribution in [0.1, 0.15) is 5.56 Å². The minimum atomic E-state index is -0.269. The fourth-order valence-electron chi connectivity index (χ4n) is 3.19. The molecule has 4 rings (SSSR count). The van der Waals surface area contributed by atoms with Gasteiger partial charge >= 0.3 is 6.09 Å². The molecule has 1 N–H and O–H groups in total. The van der Waals surface area contributed by atoms with Crippen molar-refractivity contribution < 1.29 is 9.53 Å². The Labute approximate surface area is 146 Å². The molecule has 128 valence electrons. The fraction of sp³-hybridized carbons (Fsp3) is 0.250. The van der Waals surface area contributed by atoms with E-state index in [4.69, 9.17) is 4.74 Å². The van der Waals surface area contributed by atoms with Gasteiger partial charge in [-0.15, -0.1) is 0 Å². The molecule has 0 bridgehead atoms. The zero-order chi connectivity index (χ0) is 17.1. The zero-order valence-corrected chi connectivity index (χ0v) is 14.0. The van der Waals surface area contributed by atoms with E-state index in [2.05, 4.69) is 34.1 Å². The number of hydrogen-bond acceptors (Lipinski definition) is 3. The van der Waals surface area contributed by atoms with Gasteiger partial charge < -0.3 is 14.6 Å². The third-order valence-electron chi connectivity index (χ3n) is 4.61. The minimum absolute atomic E-state index is 0.269. The van der Waals surface area contributed by atoms with Crippen LogP contribution in [-0.2, 0) is 6.54 Å². The Morgan fingerprint density at radius 3 is 2.60 bits per heavy atom. The number of aromatic nitrogens is 1. The van der Waals surface area contributed by atoms with Gasteiger partial charge in [0.05, 0.1) is 0 Å². The average molecular weight is 335 g/mol. The maximum Gasteiger partial charge on any atom is 0.415 e. The van der Waals surface area contributed by atoms with Gasteiger partial charge in [-0.2, -0.15) is 0 Å². The monoisotopic (exact) mass is 335 g/mol. The van der Waals surface area contributed by atoms with Crippen molar-refractivity contribution >= 4 is 17.0 Å². The Morgan fingerprint density at radius 1 is 1.00 bits per heavy atom. The normalized spacial score (nSPS) is 15.4. The lowest BCUT2D eigenvalue weighted by atomic mass is 10.2. The molecular weight excluding hydrogens is 314 g/mol. The van der Waals surface area contributed by atoms with E-state index in [1.54, 1.807) is 4.90 Å². The highest BCUT2D eigenvalue weighted by Crippen LogP contribution is 2.20. The molecule has 1 fully saturated rings. The third-order valence-corrected chi connectivity index (χ3v) is 4.61. The highest BCUT2D eigenvalue weighted by Gasteiger charge is 2.22. The molecule has 1 saturated heterocycles. The number of aromatic amines is 1. The van der Waals surface area contributed by atoms with Gasteiger partial charge in [-0.25, -0.2) is 4.79 Å². The molecule has 2 aromatic carbocycles. The van der Waals surface area contributed by atoms with Gasteiger partial charge in [0.15, 0.2) is 0 Å².